The Bertz CT molecular complexity index is 324. The van der Waals surface area contributed by atoms with E-state index in [-0.39, 0.29) is 0 Å². The number of hydrogen-bond acceptors (Lipinski definition) is 2. The van der Waals surface area contributed by atoms with E-state index in [0.29, 0.717) is 5.41 Å². The first-order valence-corrected chi connectivity index (χ1v) is 6.49. The Morgan fingerprint density at radius 3 is 2.69 bits per heavy atom. The van der Waals surface area contributed by atoms with E-state index in [0.717, 1.165) is 19.5 Å². The molecule has 0 saturated heterocycles. The fourth-order valence-electron chi connectivity index (χ4n) is 2.86. The van der Waals surface area contributed by atoms with Crippen LogP contribution in [-0.4, -0.2) is 16.3 Å². The van der Waals surface area contributed by atoms with E-state index in [1.54, 1.807) is 0 Å². The maximum Gasteiger partial charge on any atom is 0.0521 e. The summed E-state index contributed by atoms with van der Waals surface area (Å²) < 4.78 is 2.00. The van der Waals surface area contributed by atoms with Gasteiger partial charge >= 0.3 is 0 Å². The number of nitrogens with two attached hydrogens (primary N) is 1. The normalized spacial score (nSPS) is 19.9. The minimum atomic E-state index is 0.361. The van der Waals surface area contributed by atoms with Crippen molar-refractivity contribution in [2.24, 2.45) is 11.1 Å². The molecule has 0 bridgehead atoms. The molecule has 1 aliphatic rings. The molecule has 1 saturated carbocycles. The van der Waals surface area contributed by atoms with E-state index in [2.05, 4.69) is 18.2 Å². The van der Waals surface area contributed by atoms with Gasteiger partial charge in [-0.3, -0.25) is 4.68 Å². The second-order valence-electron chi connectivity index (χ2n) is 5.15. The lowest BCUT2D eigenvalue weighted by Gasteiger charge is -2.36. The molecule has 0 spiro atoms. The van der Waals surface area contributed by atoms with Gasteiger partial charge in [0.1, 0.15) is 0 Å². The molecule has 1 aromatic rings. The monoisotopic (exact) mass is 221 g/mol. The first kappa shape index (κ1) is 11.6. The van der Waals surface area contributed by atoms with Gasteiger partial charge in [0.2, 0.25) is 0 Å². The topological polar surface area (TPSA) is 43.8 Å². The number of aryl methyl sites for hydroxylation is 1. The van der Waals surface area contributed by atoms with Gasteiger partial charge in [-0.15, -0.1) is 0 Å². The van der Waals surface area contributed by atoms with Gasteiger partial charge in [-0.2, -0.15) is 5.10 Å². The van der Waals surface area contributed by atoms with Crippen molar-refractivity contribution < 1.29 is 0 Å². The van der Waals surface area contributed by atoms with Crippen LogP contribution in [-0.2, 0) is 13.0 Å². The van der Waals surface area contributed by atoms with Gasteiger partial charge in [0, 0.05) is 12.7 Å². The Labute approximate surface area is 98.0 Å². The Morgan fingerprint density at radius 1 is 1.38 bits per heavy atom. The van der Waals surface area contributed by atoms with E-state index in [1.807, 2.05) is 10.9 Å². The number of rotatable bonds is 4. The lowest BCUT2D eigenvalue weighted by atomic mass is 9.71. The van der Waals surface area contributed by atoms with E-state index in [9.17, 15) is 0 Å². The lowest BCUT2D eigenvalue weighted by molar-refractivity contribution is 0.197. The highest BCUT2D eigenvalue weighted by molar-refractivity contribution is 5.08. The lowest BCUT2D eigenvalue weighted by Crippen LogP contribution is -2.34. The molecular formula is C13H23N3. The highest BCUT2D eigenvalue weighted by Gasteiger charge is 2.30. The summed E-state index contributed by atoms with van der Waals surface area (Å²) in [5, 5.41) is 4.34. The van der Waals surface area contributed by atoms with Crippen molar-refractivity contribution in [1.82, 2.24) is 9.78 Å². The fraction of sp³-hybridized carbons (Fsp3) is 0.769. The number of nitrogens with zero attached hydrogens (tertiary/aromatic N) is 2. The van der Waals surface area contributed by atoms with Crippen LogP contribution in [0, 0.1) is 5.41 Å². The summed E-state index contributed by atoms with van der Waals surface area (Å²) in [6, 6.07) is 0. The third-order valence-corrected chi connectivity index (χ3v) is 3.94. The molecule has 0 amide bonds. The molecular weight excluding hydrogens is 198 g/mol. The molecule has 0 aliphatic heterocycles. The third kappa shape index (κ3) is 2.46. The molecule has 1 heterocycles. The van der Waals surface area contributed by atoms with Crippen molar-refractivity contribution >= 4 is 0 Å². The first-order valence-electron chi connectivity index (χ1n) is 6.49. The average Bonchev–Trinajstić information content (AvgIpc) is 2.78. The van der Waals surface area contributed by atoms with Gasteiger partial charge in [-0.05, 0) is 43.7 Å². The molecule has 2 N–H and O–H groups in total. The minimum absolute atomic E-state index is 0.361. The third-order valence-electron chi connectivity index (χ3n) is 3.94. The SMILES string of the molecule is CCn1cc(CC2(CN)CCCCC2)cn1. The van der Waals surface area contributed by atoms with Crippen molar-refractivity contribution in [2.75, 3.05) is 6.54 Å². The summed E-state index contributed by atoms with van der Waals surface area (Å²) in [5.41, 5.74) is 7.71. The van der Waals surface area contributed by atoms with Gasteiger partial charge < -0.3 is 5.73 Å². The average molecular weight is 221 g/mol. The zero-order valence-corrected chi connectivity index (χ0v) is 10.3. The van der Waals surface area contributed by atoms with Crippen molar-refractivity contribution in [2.45, 2.75) is 52.0 Å². The molecule has 0 aromatic carbocycles. The van der Waals surface area contributed by atoms with Gasteiger partial charge in [0.05, 0.1) is 6.20 Å². The van der Waals surface area contributed by atoms with Crippen LogP contribution in [0.2, 0.25) is 0 Å². The highest BCUT2D eigenvalue weighted by Crippen LogP contribution is 2.38. The van der Waals surface area contributed by atoms with Crippen molar-refractivity contribution in [3.8, 4) is 0 Å². The minimum Gasteiger partial charge on any atom is -0.330 e. The van der Waals surface area contributed by atoms with Gasteiger partial charge in [-0.25, -0.2) is 0 Å². The molecule has 0 radical (unpaired) electrons. The summed E-state index contributed by atoms with van der Waals surface area (Å²) in [6.45, 7) is 3.90. The van der Waals surface area contributed by atoms with Gasteiger partial charge in [-0.1, -0.05) is 19.3 Å². The van der Waals surface area contributed by atoms with Crippen molar-refractivity contribution in [3.05, 3.63) is 18.0 Å². The fourth-order valence-corrected chi connectivity index (χ4v) is 2.86. The summed E-state index contributed by atoms with van der Waals surface area (Å²) in [5.74, 6) is 0. The van der Waals surface area contributed by atoms with Crippen LogP contribution in [0.25, 0.3) is 0 Å². The Hall–Kier alpha value is -0.830. The van der Waals surface area contributed by atoms with Crippen LogP contribution in [0.15, 0.2) is 12.4 Å². The molecule has 3 nitrogen and oxygen atoms in total. The summed E-state index contributed by atoms with van der Waals surface area (Å²) in [6.07, 6.45) is 12.0. The Morgan fingerprint density at radius 2 is 2.12 bits per heavy atom. The van der Waals surface area contributed by atoms with E-state index in [1.165, 1.54) is 37.7 Å². The maximum absolute atomic E-state index is 6.00. The van der Waals surface area contributed by atoms with Crippen LogP contribution in [0.5, 0.6) is 0 Å². The van der Waals surface area contributed by atoms with Crippen molar-refractivity contribution in [1.29, 1.82) is 0 Å². The molecule has 0 atom stereocenters. The second kappa shape index (κ2) is 5.00. The van der Waals surface area contributed by atoms with Gasteiger partial charge in [0.15, 0.2) is 0 Å². The summed E-state index contributed by atoms with van der Waals surface area (Å²) >= 11 is 0. The zero-order chi connectivity index (χ0) is 11.4. The van der Waals surface area contributed by atoms with Crippen LogP contribution in [0.4, 0.5) is 0 Å². The maximum atomic E-state index is 6.00. The van der Waals surface area contributed by atoms with Gasteiger partial charge in [0.25, 0.3) is 0 Å². The summed E-state index contributed by atoms with van der Waals surface area (Å²) in [4.78, 5) is 0. The first-order chi connectivity index (χ1) is 7.78. The largest absolute Gasteiger partial charge is 0.330 e. The van der Waals surface area contributed by atoms with Crippen LogP contribution in [0.1, 0.15) is 44.6 Å². The van der Waals surface area contributed by atoms with E-state index >= 15 is 0 Å². The van der Waals surface area contributed by atoms with Crippen LogP contribution >= 0.6 is 0 Å². The van der Waals surface area contributed by atoms with E-state index in [4.69, 9.17) is 5.73 Å². The van der Waals surface area contributed by atoms with Crippen LogP contribution in [0.3, 0.4) is 0 Å². The number of hydrogen-bond donors (Lipinski definition) is 1. The highest BCUT2D eigenvalue weighted by atomic mass is 15.3. The second-order valence-corrected chi connectivity index (χ2v) is 5.15. The molecule has 1 fully saturated rings. The molecule has 1 aliphatic carbocycles. The molecule has 1 aromatic heterocycles. The molecule has 3 heteroatoms. The van der Waals surface area contributed by atoms with Crippen LogP contribution < -0.4 is 5.73 Å². The molecule has 2 rings (SSSR count). The Balaban J connectivity index is 2.05. The quantitative estimate of drug-likeness (QED) is 0.848. The smallest absolute Gasteiger partial charge is 0.0521 e. The predicted molar refractivity (Wildman–Crippen MR) is 66.2 cm³/mol. The zero-order valence-electron chi connectivity index (χ0n) is 10.3. The Kier molecular flexibility index (Phi) is 3.64. The molecule has 16 heavy (non-hydrogen) atoms. The molecule has 0 unspecified atom stereocenters. The standard InChI is InChI=1S/C13H23N3/c1-2-16-10-12(9-15-16)8-13(11-14)6-4-3-5-7-13/h9-10H,2-8,11,14H2,1H3. The molecule has 90 valence electrons. The number of aromatic nitrogens is 2. The van der Waals surface area contributed by atoms with E-state index < -0.39 is 0 Å². The predicted octanol–water partition coefficient (Wildman–Crippen LogP) is 2.35. The summed E-state index contributed by atoms with van der Waals surface area (Å²) in [7, 11) is 0. The van der Waals surface area contributed by atoms with Crippen molar-refractivity contribution in [3.63, 3.8) is 0 Å².